The van der Waals surface area contributed by atoms with Gasteiger partial charge in [0.05, 0.1) is 29.8 Å². The fourth-order valence-electron chi connectivity index (χ4n) is 2.72. The Morgan fingerprint density at radius 3 is 2.24 bits per heavy atom. The molecule has 0 heterocycles. The summed E-state index contributed by atoms with van der Waals surface area (Å²) in [5.74, 6) is -0.828. The van der Waals surface area contributed by atoms with Crippen molar-refractivity contribution in [1.29, 1.82) is 0 Å². The summed E-state index contributed by atoms with van der Waals surface area (Å²) < 4.78 is 30.6. The Morgan fingerprint density at radius 1 is 1.07 bits per heavy atom. The number of nitrogens with zero attached hydrogens (tertiary/aromatic N) is 1. The van der Waals surface area contributed by atoms with E-state index in [2.05, 4.69) is 5.32 Å². The lowest BCUT2D eigenvalue weighted by atomic mass is 10.0. The van der Waals surface area contributed by atoms with E-state index in [9.17, 15) is 18.0 Å². The second-order valence-electron chi connectivity index (χ2n) is 6.83. The van der Waals surface area contributed by atoms with Crippen molar-refractivity contribution in [2.24, 2.45) is 0 Å². The summed E-state index contributed by atoms with van der Waals surface area (Å²) in [6.07, 6.45) is 1.04. The zero-order valence-electron chi connectivity index (χ0n) is 17.0. The monoisotopic (exact) mass is 418 g/mol. The van der Waals surface area contributed by atoms with Crippen LogP contribution in [-0.2, 0) is 19.6 Å². The third kappa shape index (κ3) is 6.05. The highest BCUT2D eigenvalue weighted by atomic mass is 32.2. The molecule has 0 aliphatic heterocycles. The number of rotatable bonds is 8. The number of benzene rings is 2. The predicted octanol–water partition coefficient (Wildman–Crippen LogP) is 3.39. The van der Waals surface area contributed by atoms with Gasteiger partial charge in [0, 0.05) is 0 Å². The molecule has 0 unspecified atom stereocenters. The Morgan fingerprint density at radius 2 is 1.69 bits per heavy atom. The first kappa shape index (κ1) is 22.4. The fraction of sp³-hybridized carbons (Fsp3) is 0.333. The minimum absolute atomic E-state index is 0.204. The van der Waals surface area contributed by atoms with E-state index < -0.39 is 28.4 Å². The quantitative estimate of drug-likeness (QED) is 0.664. The maximum absolute atomic E-state index is 12.6. The summed E-state index contributed by atoms with van der Waals surface area (Å²) >= 11 is 0. The van der Waals surface area contributed by atoms with E-state index in [0.717, 1.165) is 16.1 Å². The molecule has 2 rings (SSSR count). The molecule has 0 atom stereocenters. The Bertz CT molecular complexity index is 969. The number of nitrogens with one attached hydrogen (secondary N) is 1. The Kier molecular flexibility index (Phi) is 7.39. The Balaban J connectivity index is 2.23. The molecule has 29 heavy (non-hydrogen) atoms. The van der Waals surface area contributed by atoms with Crippen LogP contribution in [0.15, 0.2) is 48.5 Å². The maximum atomic E-state index is 12.6. The van der Waals surface area contributed by atoms with Crippen LogP contribution in [0, 0.1) is 0 Å². The number of anilines is 2. The molecular formula is C21H26N2O5S. The molecule has 7 nitrogen and oxygen atoms in total. The highest BCUT2D eigenvalue weighted by Gasteiger charge is 2.22. The van der Waals surface area contributed by atoms with E-state index in [-0.39, 0.29) is 17.9 Å². The third-order valence-corrected chi connectivity index (χ3v) is 5.37. The van der Waals surface area contributed by atoms with Crippen molar-refractivity contribution in [1.82, 2.24) is 0 Å². The van der Waals surface area contributed by atoms with Gasteiger partial charge >= 0.3 is 5.97 Å². The lowest BCUT2D eigenvalue weighted by Gasteiger charge is -2.22. The molecule has 0 aromatic heterocycles. The number of carbonyl (C=O) groups is 2. The summed E-state index contributed by atoms with van der Waals surface area (Å²) in [5, 5.41) is 2.61. The van der Waals surface area contributed by atoms with Crippen LogP contribution in [-0.4, -0.2) is 39.7 Å². The fourth-order valence-corrected chi connectivity index (χ4v) is 3.58. The van der Waals surface area contributed by atoms with Crippen LogP contribution >= 0.6 is 0 Å². The number of sulfonamides is 1. The first-order valence-corrected chi connectivity index (χ1v) is 11.1. The molecule has 1 N–H and O–H groups in total. The van der Waals surface area contributed by atoms with Gasteiger partial charge in [-0.2, -0.15) is 0 Å². The molecule has 0 fully saturated rings. The average Bonchev–Trinajstić information content (AvgIpc) is 2.66. The molecule has 1 amide bonds. The first-order valence-electron chi connectivity index (χ1n) is 9.27. The smallest absolute Gasteiger partial charge is 0.340 e. The van der Waals surface area contributed by atoms with Crippen molar-refractivity contribution in [2.75, 3.05) is 29.0 Å². The molecule has 2 aromatic carbocycles. The van der Waals surface area contributed by atoms with Crippen molar-refractivity contribution in [2.45, 2.75) is 26.7 Å². The lowest BCUT2D eigenvalue weighted by Crippen LogP contribution is -2.37. The van der Waals surface area contributed by atoms with Gasteiger partial charge in [-0.25, -0.2) is 13.2 Å². The molecular weight excluding hydrogens is 392 g/mol. The van der Waals surface area contributed by atoms with Crippen LogP contribution in [0.25, 0.3) is 0 Å². The van der Waals surface area contributed by atoms with Gasteiger partial charge in [-0.15, -0.1) is 0 Å². The van der Waals surface area contributed by atoms with Crippen LogP contribution < -0.4 is 9.62 Å². The SMILES string of the molecule is CCOC(=O)c1ccccc1NC(=O)CN(c1ccc(C(C)C)cc1)S(C)(=O)=O. The van der Waals surface area contributed by atoms with E-state index in [1.165, 1.54) is 6.07 Å². The standard InChI is InChI=1S/C21H26N2O5S/c1-5-28-21(25)18-8-6-7-9-19(18)22-20(24)14-23(29(4,26)27)17-12-10-16(11-13-17)15(2)3/h6-13,15H,5,14H2,1-4H3,(H,22,24). The number of hydrogen-bond donors (Lipinski definition) is 1. The topological polar surface area (TPSA) is 92.8 Å². The molecule has 156 valence electrons. The van der Waals surface area contributed by atoms with Gasteiger partial charge in [-0.05, 0) is 42.7 Å². The molecule has 0 bridgehead atoms. The molecule has 0 saturated heterocycles. The van der Waals surface area contributed by atoms with Crippen molar-refractivity contribution in [3.8, 4) is 0 Å². The van der Waals surface area contributed by atoms with Gasteiger partial charge in [0.2, 0.25) is 15.9 Å². The number of ether oxygens (including phenoxy) is 1. The van der Waals surface area contributed by atoms with Gasteiger partial charge in [0.25, 0.3) is 0 Å². The lowest BCUT2D eigenvalue weighted by molar-refractivity contribution is -0.114. The third-order valence-electron chi connectivity index (χ3n) is 4.23. The largest absolute Gasteiger partial charge is 0.462 e. The van der Waals surface area contributed by atoms with Crippen LogP contribution in [0.2, 0.25) is 0 Å². The van der Waals surface area contributed by atoms with Crippen molar-refractivity contribution in [3.05, 3.63) is 59.7 Å². The second-order valence-corrected chi connectivity index (χ2v) is 8.74. The predicted molar refractivity (Wildman–Crippen MR) is 114 cm³/mol. The number of carbonyl (C=O) groups excluding carboxylic acids is 2. The van der Waals surface area contributed by atoms with Crippen LogP contribution in [0.4, 0.5) is 11.4 Å². The summed E-state index contributed by atoms with van der Waals surface area (Å²) in [4.78, 5) is 24.6. The molecule has 2 aromatic rings. The van der Waals surface area contributed by atoms with E-state index in [1.54, 1.807) is 37.3 Å². The van der Waals surface area contributed by atoms with Gasteiger partial charge in [0.15, 0.2) is 0 Å². The molecule has 0 aliphatic rings. The molecule has 0 spiro atoms. The summed E-state index contributed by atoms with van der Waals surface area (Å²) in [5.41, 5.74) is 1.93. The molecule has 8 heteroatoms. The van der Waals surface area contributed by atoms with Gasteiger partial charge in [-0.3, -0.25) is 9.10 Å². The molecule has 0 radical (unpaired) electrons. The van der Waals surface area contributed by atoms with E-state index in [1.807, 2.05) is 26.0 Å². The number of amides is 1. The zero-order chi connectivity index (χ0) is 21.6. The number of hydrogen-bond acceptors (Lipinski definition) is 5. The summed E-state index contributed by atoms with van der Waals surface area (Å²) in [6.45, 7) is 5.55. The minimum atomic E-state index is -3.69. The molecule has 0 aliphatic carbocycles. The highest BCUT2D eigenvalue weighted by Crippen LogP contribution is 2.22. The first-order chi connectivity index (χ1) is 13.6. The summed E-state index contributed by atoms with van der Waals surface area (Å²) in [6, 6.07) is 13.4. The summed E-state index contributed by atoms with van der Waals surface area (Å²) in [7, 11) is -3.69. The van der Waals surface area contributed by atoms with Crippen molar-refractivity contribution in [3.63, 3.8) is 0 Å². The normalized spacial score (nSPS) is 11.2. The van der Waals surface area contributed by atoms with Crippen molar-refractivity contribution < 1.29 is 22.7 Å². The van der Waals surface area contributed by atoms with Crippen LogP contribution in [0.1, 0.15) is 42.6 Å². The van der Waals surface area contributed by atoms with Crippen molar-refractivity contribution >= 4 is 33.3 Å². The molecule has 0 saturated carbocycles. The average molecular weight is 419 g/mol. The zero-order valence-corrected chi connectivity index (χ0v) is 17.8. The van der Waals surface area contributed by atoms with Crippen LogP contribution in [0.3, 0.4) is 0 Å². The van der Waals surface area contributed by atoms with Gasteiger partial charge in [-0.1, -0.05) is 38.1 Å². The van der Waals surface area contributed by atoms with E-state index >= 15 is 0 Å². The maximum Gasteiger partial charge on any atom is 0.340 e. The highest BCUT2D eigenvalue weighted by molar-refractivity contribution is 7.92. The van der Waals surface area contributed by atoms with Gasteiger partial charge in [0.1, 0.15) is 6.54 Å². The number of esters is 1. The Labute approximate surface area is 171 Å². The minimum Gasteiger partial charge on any atom is -0.462 e. The second kappa shape index (κ2) is 9.56. The van der Waals surface area contributed by atoms with E-state index in [0.29, 0.717) is 11.6 Å². The van der Waals surface area contributed by atoms with Crippen LogP contribution in [0.5, 0.6) is 0 Å². The number of para-hydroxylation sites is 1. The Hall–Kier alpha value is -2.87. The van der Waals surface area contributed by atoms with E-state index in [4.69, 9.17) is 4.74 Å². The van der Waals surface area contributed by atoms with Gasteiger partial charge < -0.3 is 10.1 Å².